The van der Waals surface area contributed by atoms with Crippen molar-refractivity contribution in [3.8, 4) is 0 Å². The van der Waals surface area contributed by atoms with Crippen LogP contribution >= 0.6 is 11.3 Å². The zero-order valence-corrected chi connectivity index (χ0v) is 21.3. The lowest BCUT2D eigenvalue weighted by atomic mass is 10.2. The molecule has 0 spiro atoms. The Morgan fingerprint density at radius 3 is 2.55 bits per heavy atom. The van der Waals surface area contributed by atoms with Gasteiger partial charge in [-0.2, -0.15) is 4.99 Å². The number of halogens is 1. The van der Waals surface area contributed by atoms with E-state index in [4.69, 9.17) is 4.74 Å². The number of amides is 1. The third kappa shape index (κ3) is 5.92. The van der Waals surface area contributed by atoms with Gasteiger partial charge >= 0.3 is 5.97 Å². The number of hydrogen-bond donors (Lipinski definition) is 1. The Morgan fingerprint density at radius 1 is 1.13 bits per heavy atom. The van der Waals surface area contributed by atoms with E-state index in [9.17, 15) is 32.5 Å². The van der Waals surface area contributed by atoms with Crippen molar-refractivity contribution in [1.82, 2.24) is 4.57 Å². The van der Waals surface area contributed by atoms with Gasteiger partial charge in [0.1, 0.15) is 12.4 Å². The third-order valence-corrected chi connectivity index (χ3v) is 7.59. The quantitative estimate of drug-likeness (QED) is 0.196. The van der Waals surface area contributed by atoms with Crippen LogP contribution in [0.2, 0.25) is 0 Å². The lowest BCUT2D eigenvalue weighted by Crippen LogP contribution is -2.23. The molecule has 0 unspecified atom stereocenters. The molecule has 196 valence electrons. The van der Waals surface area contributed by atoms with E-state index >= 15 is 0 Å². The van der Waals surface area contributed by atoms with Crippen molar-refractivity contribution in [3.05, 3.63) is 93.0 Å². The highest BCUT2D eigenvalue weighted by Crippen LogP contribution is 2.24. The number of esters is 1. The maximum Gasteiger partial charge on any atom is 0.326 e. The molecule has 38 heavy (non-hydrogen) atoms. The number of carbonyl (C=O) groups excluding carboxylic acids is 2. The number of aromatic nitrogens is 1. The fraction of sp³-hybridized carbons (Fsp3) is 0.125. The molecule has 0 radical (unpaired) electrons. The molecule has 0 aliphatic heterocycles. The van der Waals surface area contributed by atoms with Crippen molar-refractivity contribution in [2.45, 2.75) is 18.4 Å². The number of rotatable bonds is 8. The van der Waals surface area contributed by atoms with E-state index in [1.165, 1.54) is 47.0 Å². The maximum atomic E-state index is 13.2. The second-order valence-electron chi connectivity index (χ2n) is 7.74. The minimum atomic E-state index is -4.05. The number of nitrogens with one attached hydrogen (secondary N) is 1. The number of benzene rings is 3. The van der Waals surface area contributed by atoms with Crippen LogP contribution in [0.5, 0.6) is 0 Å². The van der Waals surface area contributed by atoms with Gasteiger partial charge in [-0.25, -0.2) is 12.8 Å². The second-order valence-corrected chi connectivity index (χ2v) is 10.4. The number of carbonyl (C=O) groups is 2. The molecule has 0 aliphatic rings. The lowest BCUT2D eigenvalue weighted by molar-refractivity contribution is -0.384. The molecule has 14 heteroatoms. The van der Waals surface area contributed by atoms with Gasteiger partial charge in [0, 0.05) is 23.4 Å². The van der Waals surface area contributed by atoms with Crippen LogP contribution in [0.3, 0.4) is 0 Å². The molecule has 1 amide bonds. The number of nitro benzene ring substituents is 1. The van der Waals surface area contributed by atoms with E-state index in [2.05, 4.69) is 9.71 Å². The predicted molar refractivity (Wildman–Crippen MR) is 137 cm³/mol. The minimum absolute atomic E-state index is 0.0374. The Kier molecular flexibility index (Phi) is 7.64. The van der Waals surface area contributed by atoms with Crippen LogP contribution in [0.15, 0.2) is 76.6 Å². The highest BCUT2D eigenvalue weighted by molar-refractivity contribution is 7.92. The Morgan fingerprint density at radius 2 is 1.87 bits per heavy atom. The second kappa shape index (κ2) is 10.9. The normalized spacial score (nSPS) is 11.9. The molecule has 0 bridgehead atoms. The molecular weight excluding hydrogens is 539 g/mol. The molecule has 1 aromatic heterocycles. The molecular formula is C24H19FN4O7S2. The van der Waals surface area contributed by atoms with Crippen LogP contribution in [-0.4, -0.2) is 36.4 Å². The predicted octanol–water partition coefficient (Wildman–Crippen LogP) is 3.86. The van der Waals surface area contributed by atoms with E-state index in [-0.39, 0.29) is 39.8 Å². The van der Waals surface area contributed by atoms with Gasteiger partial charge in [0.05, 0.1) is 26.6 Å². The average Bonchev–Trinajstić information content (AvgIpc) is 3.20. The van der Waals surface area contributed by atoms with Crippen LogP contribution in [-0.2, 0) is 26.1 Å². The summed E-state index contributed by atoms with van der Waals surface area (Å²) in [6.45, 7) is 1.50. The molecule has 0 saturated carbocycles. The molecule has 3 aromatic carbocycles. The lowest BCUT2D eigenvalue weighted by Gasteiger charge is -2.09. The van der Waals surface area contributed by atoms with E-state index < -0.39 is 32.6 Å². The number of anilines is 1. The van der Waals surface area contributed by atoms with Crippen molar-refractivity contribution in [1.29, 1.82) is 0 Å². The summed E-state index contributed by atoms with van der Waals surface area (Å²) in [5.74, 6) is -1.92. The number of hydrogen-bond acceptors (Lipinski definition) is 8. The van der Waals surface area contributed by atoms with E-state index in [0.29, 0.717) is 10.2 Å². The zero-order valence-electron chi connectivity index (χ0n) is 19.7. The summed E-state index contributed by atoms with van der Waals surface area (Å²) in [5, 5.41) is 11.2. The number of thiazole rings is 1. The van der Waals surface area contributed by atoms with Crippen LogP contribution in [0.4, 0.5) is 15.8 Å². The average molecular weight is 559 g/mol. The van der Waals surface area contributed by atoms with Gasteiger partial charge in [-0.3, -0.25) is 24.4 Å². The minimum Gasteiger partial charge on any atom is -0.465 e. The molecule has 0 fully saturated rings. The SMILES string of the molecule is CCOC(=O)Cn1c(=NC(=O)c2cccc(NS(=O)(=O)c3ccc(F)cc3)c2)sc2cc([N+](=O)[O-])ccc21. The van der Waals surface area contributed by atoms with Gasteiger partial charge in [0.15, 0.2) is 4.80 Å². The van der Waals surface area contributed by atoms with Gasteiger partial charge in [-0.05, 0) is 55.5 Å². The van der Waals surface area contributed by atoms with Crippen LogP contribution < -0.4 is 9.52 Å². The van der Waals surface area contributed by atoms with Gasteiger partial charge in [-0.1, -0.05) is 17.4 Å². The Balaban J connectivity index is 1.70. The molecule has 4 aromatic rings. The Hall–Kier alpha value is -4.43. The maximum absolute atomic E-state index is 13.2. The molecule has 11 nitrogen and oxygen atoms in total. The van der Waals surface area contributed by atoms with Gasteiger partial charge < -0.3 is 9.30 Å². The number of nitrogens with zero attached hydrogens (tertiary/aromatic N) is 3. The highest BCUT2D eigenvalue weighted by atomic mass is 32.2. The number of fused-ring (bicyclic) bond motifs is 1. The molecule has 1 heterocycles. The number of ether oxygens (including phenoxy) is 1. The van der Waals surface area contributed by atoms with Crippen molar-refractivity contribution < 1.29 is 32.1 Å². The number of nitro groups is 1. The largest absolute Gasteiger partial charge is 0.465 e. The molecule has 1 N–H and O–H groups in total. The van der Waals surface area contributed by atoms with Crippen molar-refractivity contribution in [2.24, 2.45) is 4.99 Å². The van der Waals surface area contributed by atoms with Crippen molar-refractivity contribution in [3.63, 3.8) is 0 Å². The first-order valence-corrected chi connectivity index (χ1v) is 13.3. The summed E-state index contributed by atoms with van der Waals surface area (Å²) in [6.07, 6.45) is 0. The van der Waals surface area contributed by atoms with Crippen LogP contribution in [0.1, 0.15) is 17.3 Å². The zero-order chi connectivity index (χ0) is 27.4. The third-order valence-electron chi connectivity index (χ3n) is 5.15. The summed E-state index contributed by atoms with van der Waals surface area (Å²) in [5.41, 5.74) is 0.388. The highest BCUT2D eigenvalue weighted by Gasteiger charge is 2.17. The van der Waals surface area contributed by atoms with Gasteiger partial charge in [0.2, 0.25) is 0 Å². The standard InChI is InChI=1S/C24H19FN4O7S2/c1-2-36-22(30)14-28-20-11-8-18(29(32)33)13-21(20)37-24(28)26-23(31)15-4-3-5-17(12-15)27-38(34,35)19-9-6-16(25)7-10-19/h3-13,27H,2,14H2,1H3. The number of sulfonamides is 1. The Bertz CT molecular complexity index is 1730. The van der Waals surface area contributed by atoms with E-state index in [1.54, 1.807) is 6.92 Å². The smallest absolute Gasteiger partial charge is 0.326 e. The first-order chi connectivity index (χ1) is 18.1. The summed E-state index contributed by atoms with van der Waals surface area (Å²) in [4.78, 5) is 39.9. The van der Waals surface area contributed by atoms with Crippen molar-refractivity contribution in [2.75, 3.05) is 11.3 Å². The summed E-state index contributed by atoms with van der Waals surface area (Å²) >= 11 is 0.972. The first-order valence-electron chi connectivity index (χ1n) is 11.0. The Labute approximate surface area is 219 Å². The van der Waals surface area contributed by atoms with Crippen LogP contribution in [0, 0.1) is 15.9 Å². The summed E-state index contributed by atoms with van der Waals surface area (Å²) in [6, 6.07) is 13.9. The monoisotopic (exact) mass is 558 g/mol. The first kappa shape index (κ1) is 26.6. The molecule has 0 atom stereocenters. The van der Waals surface area contributed by atoms with E-state index in [1.807, 2.05) is 0 Å². The fourth-order valence-electron chi connectivity index (χ4n) is 3.44. The fourth-order valence-corrected chi connectivity index (χ4v) is 5.55. The van der Waals surface area contributed by atoms with Gasteiger partial charge in [-0.15, -0.1) is 0 Å². The number of non-ortho nitro benzene ring substituents is 1. The topological polar surface area (TPSA) is 150 Å². The van der Waals surface area contributed by atoms with Crippen molar-refractivity contribution >= 4 is 54.8 Å². The van der Waals surface area contributed by atoms with Gasteiger partial charge in [0.25, 0.3) is 21.6 Å². The molecule has 4 rings (SSSR count). The van der Waals surface area contributed by atoms with Crippen LogP contribution in [0.25, 0.3) is 10.2 Å². The molecule has 0 saturated heterocycles. The summed E-state index contributed by atoms with van der Waals surface area (Å²) in [7, 11) is -4.05. The summed E-state index contributed by atoms with van der Waals surface area (Å²) < 4.78 is 47.6. The molecule has 0 aliphatic carbocycles. The van der Waals surface area contributed by atoms with E-state index in [0.717, 1.165) is 35.6 Å².